The molecule has 0 N–H and O–H groups in total. The van der Waals surface area contributed by atoms with Crippen LogP contribution in [0.3, 0.4) is 0 Å². The van der Waals surface area contributed by atoms with Crippen LogP contribution in [0.4, 0.5) is 0 Å². The Balaban J connectivity index is 1.83. The molecule has 2 aliphatic rings. The molecule has 2 unspecified atom stereocenters. The zero-order valence-corrected chi connectivity index (χ0v) is 10.4. The average Bonchev–Trinajstić information content (AvgIpc) is 2.93. The summed E-state index contributed by atoms with van der Waals surface area (Å²) < 4.78 is 0. The molecule has 2 saturated carbocycles. The van der Waals surface area contributed by atoms with Crippen LogP contribution in [-0.2, 0) is 0 Å². The quantitative estimate of drug-likeness (QED) is 0.598. The summed E-state index contributed by atoms with van der Waals surface area (Å²) >= 11 is 0. The van der Waals surface area contributed by atoms with Gasteiger partial charge in [0.05, 0.1) is 0 Å². The second-order valence-electron chi connectivity index (χ2n) is 6.68. The summed E-state index contributed by atoms with van der Waals surface area (Å²) in [6.07, 6.45) is 8.92. The Morgan fingerprint density at radius 1 is 1.29 bits per heavy atom. The summed E-state index contributed by atoms with van der Waals surface area (Å²) in [6.45, 7) is 9.78. The van der Waals surface area contributed by atoms with Crippen molar-refractivity contribution in [3.8, 4) is 0 Å². The van der Waals surface area contributed by atoms with Crippen molar-refractivity contribution < 1.29 is 0 Å². The molecule has 14 heavy (non-hydrogen) atoms. The molecule has 82 valence electrons. The van der Waals surface area contributed by atoms with Gasteiger partial charge >= 0.3 is 0 Å². The van der Waals surface area contributed by atoms with E-state index in [9.17, 15) is 0 Å². The lowest BCUT2D eigenvalue weighted by Gasteiger charge is -2.23. The van der Waals surface area contributed by atoms with Gasteiger partial charge in [-0.1, -0.05) is 40.5 Å². The molecule has 0 bridgehead atoms. The van der Waals surface area contributed by atoms with Crippen LogP contribution in [0.5, 0.6) is 0 Å². The zero-order valence-electron chi connectivity index (χ0n) is 10.4. The molecule has 0 aromatic carbocycles. The van der Waals surface area contributed by atoms with Crippen LogP contribution in [0.25, 0.3) is 0 Å². The second kappa shape index (κ2) is 3.25. The highest BCUT2D eigenvalue weighted by molar-refractivity contribution is 5.08. The van der Waals surface area contributed by atoms with Crippen molar-refractivity contribution in [1.82, 2.24) is 0 Å². The molecule has 0 saturated heterocycles. The predicted molar refractivity (Wildman–Crippen MR) is 62.2 cm³/mol. The van der Waals surface area contributed by atoms with E-state index in [1.54, 1.807) is 0 Å². The van der Waals surface area contributed by atoms with E-state index in [0.717, 1.165) is 17.3 Å². The van der Waals surface area contributed by atoms with Gasteiger partial charge in [0.25, 0.3) is 0 Å². The largest absolute Gasteiger partial charge is 0.0648 e. The Morgan fingerprint density at radius 2 is 1.86 bits per heavy atom. The van der Waals surface area contributed by atoms with Crippen molar-refractivity contribution in [3.63, 3.8) is 0 Å². The summed E-state index contributed by atoms with van der Waals surface area (Å²) in [5.41, 5.74) is 1.38. The van der Waals surface area contributed by atoms with Gasteiger partial charge in [-0.15, -0.1) is 0 Å². The normalized spacial score (nSPS) is 36.9. The zero-order chi connectivity index (χ0) is 10.4. The van der Waals surface area contributed by atoms with E-state index < -0.39 is 0 Å². The second-order valence-corrected chi connectivity index (χ2v) is 6.68. The first-order valence-electron chi connectivity index (χ1n) is 6.49. The summed E-state index contributed by atoms with van der Waals surface area (Å²) in [5.74, 6) is 2.09. The summed E-state index contributed by atoms with van der Waals surface area (Å²) in [5, 5.41) is 0. The molecule has 0 spiro atoms. The van der Waals surface area contributed by atoms with Gasteiger partial charge in [-0.25, -0.2) is 0 Å². The molecule has 0 amide bonds. The van der Waals surface area contributed by atoms with Gasteiger partial charge < -0.3 is 0 Å². The molecule has 2 atom stereocenters. The van der Waals surface area contributed by atoms with Crippen LogP contribution in [0.15, 0.2) is 0 Å². The van der Waals surface area contributed by atoms with E-state index in [0.29, 0.717) is 5.41 Å². The summed E-state index contributed by atoms with van der Waals surface area (Å²) in [4.78, 5) is 0. The SMILES string of the molecule is CCC1(CC(C)CC2CC2)CC1(C)C. The fourth-order valence-electron chi connectivity index (χ4n) is 3.57. The van der Waals surface area contributed by atoms with Gasteiger partial charge in [0.1, 0.15) is 0 Å². The van der Waals surface area contributed by atoms with Crippen molar-refractivity contribution in [2.24, 2.45) is 22.7 Å². The lowest BCUT2D eigenvalue weighted by Crippen LogP contribution is -2.13. The molecule has 0 aromatic heterocycles. The summed E-state index contributed by atoms with van der Waals surface area (Å²) in [7, 11) is 0. The molecule has 0 nitrogen and oxygen atoms in total. The minimum Gasteiger partial charge on any atom is -0.0648 e. The maximum absolute atomic E-state index is 2.48. The Morgan fingerprint density at radius 3 is 2.21 bits per heavy atom. The lowest BCUT2D eigenvalue weighted by molar-refractivity contribution is 0.277. The Hall–Kier alpha value is 0. The molecule has 2 fully saturated rings. The monoisotopic (exact) mass is 194 g/mol. The van der Waals surface area contributed by atoms with Crippen molar-refractivity contribution in [2.75, 3.05) is 0 Å². The fraction of sp³-hybridized carbons (Fsp3) is 1.00. The molecular formula is C14H26. The van der Waals surface area contributed by atoms with Crippen LogP contribution in [0, 0.1) is 22.7 Å². The van der Waals surface area contributed by atoms with Gasteiger partial charge in [0.15, 0.2) is 0 Å². The minimum atomic E-state index is 0.652. The van der Waals surface area contributed by atoms with Crippen molar-refractivity contribution in [1.29, 1.82) is 0 Å². The number of rotatable bonds is 5. The van der Waals surface area contributed by atoms with E-state index >= 15 is 0 Å². The Labute approximate surface area is 89.5 Å². The average molecular weight is 194 g/mol. The van der Waals surface area contributed by atoms with Gasteiger partial charge in [0, 0.05) is 0 Å². The first-order chi connectivity index (χ1) is 6.49. The molecule has 0 heteroatoms. The standard InChI is InChI=1S/C14H26/c1-5-14(10-13(14,3)4)9-11(2)8-12-6-7-12/h11-12H,5-10H2,1-4H3. The molecular weight excluding hydrogens is 168 g/mol. The molecule has 2 rings (SSSR count). The predicted octanol–water partition coefficient (Wildman–Crippen LogP) is 4.64. The molecule has 0 aliphatic heterocycles. The van der Waals surface area contributed by atoms with Crippen LogP contribution in [-0.4, -0.2) is 0 Å². The first-order valence-corrected chi connectivity index (χ1v) is 6.49. The number of hydrogen-bond donors (Lipinski definition) is 0. The first kappa shape index (κ1) is 10.5. The van der Waals surface area contributed by atoms with Crippen molar-refractivity contribution in [3.05, 3.63) is 0 Å². The minimum absolute atomic E-state index is 0.652. The fourth-order valence-corrected chi connectivity index (χ4v) is 3.57. The molecule has 0 radical (unpaired) electrons. The van der Waals surface area contributed by atoms with Gasteiger partial charge in [-0.2, -0.15) is 0 Å². The topological polar surface area (TPSA) is 0 Å². The third-order valence-electron chi connectivity index (χ3n) is 4.94. The highest BCUT2D eigenvalue weighted by Crippen LogP contribution is 2.68. The van der Waals surface area contributed by atoms with Crippen LogP contribution in [0.2, 0.25) is 0 Å². The lowest BCUT2D eigenvalue weighted by atomic mass is 9.82. The smallest absolute Gasteiger partial charge is 0.0241 e. The highest BCUT2D eigenvalue weighted by Gasteiger charge is 2.59. The van der Waals surface area contributed by atoms with Gasteiger partial charge in [-0.3, -0.25) is 0 Å². The van der Waals surface area contributed by atoms with Crippen molar-refractivity contribution >= 4 is 0 Å². The van der Waals surface area contributed by atoms with E-state index in [-0.39, 0.29) is 0 Å². The van der Waals surface area contributed by atoms with Crippen LogP contribution in [0.1, 0.15) is 66.2 Å². The Kier molecular flexibility index (Phi) is 2.44. The third kappa shape index (κ3) is 1.85. The molecule has 2 aliphatic carbocycles. The maximum Gasteiger partial charge on any atom is -0.0241 e. The van der Waals surface area contributed by atoms with Gasteiger partial charge in [-0.05, 0) is 48.3 Å². The maximum atomic E-state index is 2.48. The molecule has 0 heterocycles. The summed E-state index contributed by atoms with van der Waals surface area (Å²) in [6, 6.07) is 0. The van der Waals surface area contributed by atoms with E-state index in [4.69, 9.17) is 0 Å². The van der Waals surface area contributed by atoms with Crippen LogP contribution >= 0.6 is 0 Å². The van der Waals surface area contributed by atoms with Crippen molar-refractivity contribution in [2.45, 2.75) is 66.2 Å². The third-order valence-corrected chi connectivity index (χ3v) is 4.94. The van der Waals surface area contributed by atoms with E-state index in [1.165, 1.54) is 38.5 Å². The Bertz CT molecular complexity index is 212. The molecule has 0 aromatic rings. The van der Waals surface area contributed by atoms with E-state index in [1.807, 2.05) is 0 Å². The van der Waals surface area contributed by atoms with E-state index in [2.05, 4.69) is 27.7 Å². The van der Waals surface area contributed by atoms with Crippen LogP contribution < -0.4 is 0 Å². The highest BCUT2D eigenvalue weighted by atomic mass is 14.6. The number of hydrogen-bond acceptors (Lipinski definition) is 0. The van der Waals surface area contributed by atoms with Gasteiger partial charge in [0.2, 0.25) is 0 Å².